The minimum absolute atomic E-state index is 0.0769. The lowest BCUT2D eigenvalue weighted by atomic mass is 10.0. The summed E-state index contributed by atoms with van der Waals surface area (Å²) in [6, 6.07) is 0. The summed E-state index contributed by atoms with van der Waals surface area (Å²) in [6.07, 6.45) is 81.0. The van der Waals surface area contributed by atoms with Gasteiger partial charge in [0.15, 0.2) is 6.10 Å². The Morgan fingerprint density at radius 1 is 0.280 bits per heavy atom. The highest BCUT2D eigenvalue weighted by atomic mass is 16.6. The molecule has 6 heteroatoms. The maximum Gasteiger partial charge on any atom is 0.306 e. The third-order valence-corrected chi connectivity index (χ3v) is 14.5. The van der Waals surface area contributed by atoms with Gasteiger partial charge in [0.25, 0.3) is 0 Å². The number of ether oxygens (including phenoxy) is 3. The second kappa shape index (κ2) is 63.6. The number of rotatable bonds is 60. The van der Waals surface area contributed by atoms with Gasteiger partial charge in [-0.2, -0.15) is 0 Å². The number of allylic oxidation sites excluding steroid dienone is 10. The minimum Gasteiger partial charge on any atom is -0.462 e. The van der Waals surface area contributed by atoms with Crippen molar-refractivity contribution in [2.24, 2.45) is 0 Å². The summed E-state index contributed by atoms with van der Waals surface area (Å²) >= 11 is 0. The molecule has 6 nitrogen and oxygen atoms in total. The molecule has 0 aromatic heterocycles. The molecule has 0 aliphatic heterocycles. The zero-order valence-corrected chi connectivity index (χ0v) is 50.1. The van der Waals surface area contributed by atoms with E-state index in [1.807, 2.05) is 0 Å². The van der Waals surface area contributed by atoms with Crippen LogP contribution >= 0.6 is 0 Å². The van der Waals surface area contributed by atoms with Crippen LogP contribution in [0.4, 0.5) is 0 Å². The molecule has 0 fully saturated rings. The molecule has 0 spiro atoms. The molecular formula is C69H124O6. The average molecular weight is 1050 g/mol. The molecule has 0 bridgehead atoms. The Morgan fingerprint density at radius 3 is 0.867 bits per heavy atom. The minimum atomic E-state index is -0.781. The van der Waals surface area contributed by atoms with Crippen LogP contribution in [0.3, 0.4) is 0 Å². The van der Waals surface area contributed by atoms with Crippen molar-refractivity contribution in [2.75, 3.05) is 13.2 Å². The first-order valence-electron chi connectivity index (χ1n) is 32.8. The van der Waals surface area contributed by atoms with Gasteiger partial charge in [-0.1, -0.05) is 306 Å². The van der Waals surface area contributed by atoms with Gasteiger partial charge in [0, 0.05) is 19.3 Å². The third-order valence-electron chi connectivity index (χ3n) is 14.5. The van der Waals surface area contributed by atoms with E-state index in [-0.39, 0.29) is 31.1 Å². The van der Waals surface area contributed by atoms with Crippen LogP contribution in [-0.4, -0.2) is 37.2 Å². The van der Waals surface area contributed by atoms with Crippen molar-refractivity contribution in [1.82, 2.24) is 0 Å². The van der Waals surface area contributed by atoms with E-state index in [9.17, 15) is 14.4 Å². The number of hydrogen-bond acceptors (Lipinski definition) is 6. The number of carbonyl (C=O) groups is 3. The Hall–Kier alpha value is -2.89. The first kappa shape index (κ1) is 72.1. The zero-order valence-electron chi connectivity index (χ0n) is 50.1. The molecule has 0 N–H and O–H groups in total. The van der Waals surface area contributed by atoms with E-state index >= 15 is 0 Å². The first-order chi connectivity index (χ1) is 37.0. The lowest BCUT2D eigenvalue weighted by Crippen LogP contribution is -2.30. The van der Waals surface area contributed by atoms with E-state index in [1.165, 1.54) is 205 Å². The summed E-state index contributed by atoms with van der Waals surface area (Å²) in [4.78, 5) is 38.3. The second-order valence-corrected chi connectivity index (χ2v) is 22.0. The van der Waals surface area contributed by atoms with Crippen molar-refractivity contribution in [3.05, 3.63) is 60.8 Å². The van der Waals surface area contributed by atoms with Crippen molar-refractivity contribution in [3.63, 3.8) is 0 Å². The quantitative estimate of drug-likeness (QED) is 0.0261. The predicted molar refractivity (Wildman–Crippen MR) is 325 cm³/mol. The molecule has 75 heavy (non-hydrogen) atoms. The number of carbonyl (C=O) groups excluding carboxylic acids is 3. The molecule has 0 heterocycles. The smallest absolute Gasteiger partial charge is 0.306 e. The number of hydrogen-bond donors (Lipinski definition) is 0. The molecule has 0 aliphatic rings. The van der Waals surface area contributed by atoms with Crippen LogP contribution in [0.15, 0.2) is 60.8 Å². The van der Waals surface area contributed by atoms with E-state index in [1.54, 1.807) is 0 Å². The molecule has 0 saturated heterocycles. The highest BCUT2D eigenvalue weighted by Crippen LogP contribution is 2.18. The van der Waals surface area contributed by atoms with E-state index in [0.717, 1.165) is 96.3 Å². The fourth-order valence-corrected chi connectivity index (χ4v) is 9.59. The van der Waals surface area contributed by atoms with E-state index in [0.29, 0.717) is 19.3 Å². The van der Waals surface area contributed by atoms with E-state index < -0.39 is 6.10 Å². The maximum absolute atomic E-state index is 12.9. The first-order valence-corrected chi connectivity index (χ1v) is 32.8. The summed E-state index contributed by atoms with van der Waals surface area (Å²) < 4.78 is 16.9. The summed E-state index contributed by atoms with van der Waals surface area (Å²) in [5.41, 5.74) is 0. The highest BCUT2D eigenvalue weighted by molar-refractivity contribution is 5.71. The van der Waals surface area contributed by atoms with Gasteiger partial charge in [0.05, 0.1) is 0 Å². The van der Waals surface area contributed by atoms with Crippen molar-refractivity contribution in [2.45, 2.75) is 348 Å². The van der Waals surface area contributed by atoms with Gasteiger partial charge in [-0.3, -0.25) is 14.4 Å². The van der Waals surface area contributed by atoms with Crippen molar-refractivity contribution in [1.29, 1.82) is 0 Å². The van der Waals surface area contributed by atoms with Crippen LogP contribution in [0, 0.1) is 0 Å². The third kappa shape index (κ3) is 61.8. The Labute approximate surface area is 466 Å². The molecule has 1 unspecified atom stereocenters. The van der Waals surface area contributed by atoms with Gasteiger partial charge in [-0.25, -0.2) is 0 Å². The maximum atomic E-state index is 12.9. The highest BCUT2D eigenvalue weighted by Gasteiger charge is 2.19. The molecule has 1 atom stereocenters. The van der Waals surface area contributed by atoms with Gasteiger partial charge in [0.2, 0.25) is 0 Å². The van der Waals surface area contributed by atoms with Crippen molar-refractivity contribution >= 4 is 17.9 Å². The van der Waals surface area contributed by atoms with Gasteiger partial charge in [-0.05, 0) is 77.0 Å². The molecule has 0 aromatic carbocycles. The van der Waals surface area contributed by atoms with E-state index in [4.69, 9.17) is 14.2 Å². The van der Waals surface area contributed by atoms with Gasteiger partial charge >= 0.3 is 17.9 Å². The Kier molecular flexibility index (Phi) is 61.2. The average Bonchev–Trinajstić information content (AvgIpc) is 3.41. The summed E-state index contributed by atoms with van der Waals surface area (Å²) in [6.45, 7) is 6.53. The monoisotopic (exact) mass is 1050 g/mol. The van der Waals surface area contributed by atoms with E-state index in [2.05, 4.69) is 81.5 Å². The van der Waals surface area contributed by atoms with Crippen molar-refractivity contribution in [3.8, 4) is 0 Å². The van der Waals surface area contributed by atoms with Crippen LogP contribution in [0.5, 0.6) is 0 Å². The SMILES string of the molecule is CC/C=C\C/C=C\C/C=C\C/C=C\CCCCCCCCCCC(=O)OC(COC(=O)CCCCCCC/C=C\CCCC)COC(=O)CCCCCCCCCCCCCCCCCCCCCCCCCCC. The van der Waals surface area contributed by atoms with Crippen LogP contribution in [0.2, 0.25) is 0 Å². The number of unbranched alkanes of at least 4 members (excludes halogenated alkanes) is 39. The second-order valence-electron chi connectivity index (χ2n) is 22.0. The Balaban J connectivity index is 4.23. The largest absolute Gasteiger partial charge is 0.462 e. The molecule has 436 valence electrons. The molecular weight excluding hydrogens is 925 g/mol. The zero-order chi connectivity index (χ0) is 54.3. The number of esters is 3. The molecule has 0 aromatic rings. The fourth-order valence-electron chi connectivity index (χ4n) is 9.59. The lowest BCUT2D eigenvalue weighted by Gasteiger charge is -2.18. The Morgan fingerprint density at radius 2 is 0.533 bits per heavy atom. The molecule has 0 rings (SSSR count). The molecule has 0 aliphatic carbocycles. The standard InChI is InChI=1S/C69H124O6/c1-4-7-10-13-16-19-22-24-26-28-30-32-33-34-35-37-38-40-42-44-47-50-53-56-59-62-68(71)74-65-66(64-73-67(70)61-58-55-52-49-46-21-18-15-12-9-6-3)75-69(72)63-60-57-54-51-48-45-43-41-39-36-31-29-27-25-23-20-17-14-11-8-5-2/h8,11,15,17-18,20,25,27,31,36,66H,4-7,9-10,12-14,16,19,21-24,26,28-30,32-35,37-65H2,1-3H3/b11-8-,18-15-,20-17-,27-25-,36-31-. The van der Waals surface area contributed by atoms with Crippen LogP contribution in [0.1, 0.15) is 342 Å². The fraction of sp³-hybridized carbons (Fsp3) is 0.812. The normalized spacial score (nSPS) is 12.4. The summed E-state index contributed by atoms with van der Waals surface area (Å²) in [7, 11) is 0. The molecule has 0 radical (unpaired) electrons. The predicted octanol–water partition coefficient (Wildman–Crippen LogP) is 22.3. The van der Waals surface area contributed by atoms with Gasteiger partial charge in [0.1, 0.15) is 13.2 Å². The lowest BCUT2D eigenvalue weighted by molar-refractivity contribution is -0.167. The summed E-state index contributed by atoms with van der Waals surface area (Å²) in [5.74, 6) is -0.877. The topological polar surface area (TPSA) is 78.9 Å². The van der Waals surface area contributed by atoms with Crippen LogP contribution in [0.25, 0.3) is 0 Å². The molecule has 0 saturated carbocycles. The van der Waals surface area contributed by atoms with Crippen molar-refractivity contribution < 1.29 is 28.6 Å². The van der Waals surface area contributed by atoms with Gasteiger partial charge in [-0.15, -0.1) is 0 Å². The summed E-state index contributed by atoms with van der Waals surface area (Å²) in [5, 5.41) is 0. The van der Waals surface area contributed by atoms with Crippen LogP contribution in [-0.2, 0) is 28.6 Å². The Bertz CT molecular complexity index is 1340. The van der Waals surface area contributed by atoms with Gasteiger partial charge < -0.3 is 14.2 Å². The van der Waals surface area contributed by atoms with Crippen LogP contribution < -0.4 is 0 Å². The molecule has 0 amide bonds.